The third kappa shape index (κ3) is 3.25. The van der Waals surface area contributed by atoms with E-state index in [0.717, 1.165) is 31.7 Å². The summed E-state index contributed by atoms with van der Waals surface area (Å²) in [5, 5.41) is 9.25. The van der Waals surface area contributed by atoms with Crippen molar-refractivity contribution in [3.63, 3.8) is 0 Å². The maximum absolute atomic E-state index is 9.25. The normalized spacial score (nSPS) is 17.6. The van der Waals surface area contributed by atoms with Gasteiger partial charge in [-0.2, -0.15) is 5.26 Å². The zero-order chi connectivity index (χ0) is 17.9. The van der Waals surface area contributed by atoms with E-state index in [1.54, 1.807) is 25.8 Å². The van der Waals surface area contributed by atoms with Crippen LogP contribution in [0.15, 0.2) is 24.8 Å². The number of methoxy groups -OCH3 is 1. The number of nitrogens with zero attached hydrogens (tertiary/aromatic N) is 7. The van der Waals surface area contributed by atoms with Crippen molar-refractivity contribution in [3.05, 3.63) is 30.5 Å². The van der Waals surface area contributed by atoms with Crippen molar-refractivity contribution in [2.24, 2.45) is 0 Å². The number of hydrogen-bond acceptors (Lipinski definition) is 8. The van der Waals surface area contributed by atoms with Gasteiger partial charge in [-0.15, -0.1) is 0 Å². The van der Waals surface area contributed by atoms with Gasteiger partial charge in [0, 0.05) is 43.6 Å². The van der Waals surface area contributed by atoms with Gasteiger partial charge >= 0.3 is 0 Å². The maximum Gasteiger partial charge on any atom is 0.218 e. The first-order chi connectivity index (χ1) is 12.8. The first kappa shape index (κ1) is 16.5. The molecular weight excluding hydrogens is 330 g/mol. The molecular formula is C18H21N7O. The average Bonchev–Trinajstić information content (AvgIpc) is 3.54. The Balaban J connectivity index is 1.50. The van der Waals surface area contributed by atoms with E-state index < -0.39 is 0 Å². The summed E-state index contributed by atoms with van der Waals surface area (Å²) in [6.45, 7) is 1.70. The molecule has 8 heteroatoms. The second-order valence-electron chi connectivity index (χ2n) is 6.62. The van der Waals surface area contributed by atoms with Crippen molar-refractivity contribution in [1.29, 1.82) is 5.26 Å². The highest BCUT2D eigenvalue weighted by atomic mass is 16.5. The third-order valence-electron chi connectivity index (χ3n) is 4.98. The van der Waals surface area contributed by atoms with Gasteiger partial charge in [0.15, 0.2) is 11.5 Å². The molecule has 2 fully saturated rings. The Morgan fingerprint density at radius 1 is 1.08 bits per heavy atom. The summed E-state index contributed by atoms with van der Waals surface area (Å²) in [6, 6.07) is 5.03. The van der Waals surface area contributed by atoms with E-state index >= 15 is 0 Å². The van der Waals surface area contributed by atoms with Gasteiger partial charge in [-0.3, -0.25) is 0 Å². The first-order valence-electron chi connectivity index (χ1n) is 8.90. The van der Waals surface area contributed by atoms with Crippen LogP contribution in [0.2, 0.25) is 0 Å². The lowest BCUT2D eigenvalue weighted by atomic mass is 10.0. The number of nitriles is 1. The van der Waals surface area contributed by atoms with Gasteiger partial charge in [0.1, 0.15) is 18.2 Å². The smallest absolute Gasteiger partial charge is 0.218 e. The number of ether oxygens (including phenoxy) is 1. The van der Waals surface area contributed by atoms with E-state index in [1.807, 2.05) is 6.07 Å². The first-order valence-corrected chi connectivity index (χ1v) is 8.90. The van der Waals surface area contributed by atoms with Crippen LogP contribution in [-0.4, -0.2) is 52.2 Å². The highest BCUT2D eigenvalue weighted by Gasteiger charge is 2.37. The third-order valence-corrected chi connectivity index (χ3v) is 4.98. The van der Waals surface area contributed by atoms with Gasteiger partial charge in [0.2, 0.25) is 5.88 Å². The molecule has 134 valence electrons. The van der Waals surface area contributed by atoms with E-state index in [4.69, 9.17) is 4.74 Å². The molecule has 1 saturated carbocycles. The van der Waals surface area contributed by atoms with Crippen molar-refractivity contribution in [2.45, 2.75) is 37.8 Å². The SMILES string of the molecule is COc1cc(N(C2CC2)C2CCN(c3nccnc3C#N)CC2)ncn1. The molecule has 0 radical (unpaired) electrons. The molecule has 0 N–H and O–H groups in total. The number of anilines is 2. The summed E-state index contributed by atoms with van der Waals surface area (Å²) in [5.74, 6) is 2.22. The second-order valence-corrected chi connectivity index (χ2v) is 6.62. The molecule has 2 aliphatic rings. The fraction of sp³-hybridized carbons (Fsp3) is 0.500. The van der Waals surface area contributed by atoms with Crippen LogP contribution in [0.4, 0.5) is 11.6 Å². The Labute approximate surface area is 152 Å². The molecule has 26 heavy (non-hydrogen) atoms. The molecule has 1 aliphatic carbocycles. The predicted molar refractivity (Wildman–Crippen MR) is 96.1 cm³/mol. The van der Waals surface area contributed by atoms with Gasteiger partial charge in [-0.1, -0.05) is 0 Å². The lowest BCUT2D eigenvalue weighted by Gasteiger charge is -2.39. The second kappa shape index (κ2) is 7.12. The summed E-state index contributed by atoms with van der Waals surface area (Å²) in [5.41, 5.74) is 0.394. The largest absolute Gasteiger partial charge is 0.481 e. The van der Waals surface area contributed by atoms with Gasteiger partial charge in [0.05, 0.1) is 7.11 Å². The average molecular weight is 351 g/mol. The molecule has 8 nitrogen and oxygen atoms in total. The molecule has 0 aromatic carbocycles. The van der Waals surface area contributed by atoms with E-state index in [-0.39, 0.29) is 0 Å². The van der Waals surface area contributed by atoms with Crippen molar-refractivity contribution in [3.8, 4) is 11.9 Å². The monoisotopic (exact) mass is 351 g/mol. The zero-order valence-corrected chi connectivity index (χ0v) is 14.7. The molecule has 0 spiro atoms. The molecule has 2 aromatic heterocycles. The molecule has 0 amide bonds. The fourth-order valence-electron chi connectivity index (χ4n) is 3.60. The lowest BCUT2D eigenvalue weighted by molar-refractivity contribution is 0.395. The number of aromatic nitrogens is 4. The van der Waals surface area contributed by atoms with Crippen LogP contribution >= 0.6 is 0 Å². The summed E-state index contributed by atoms with van der Waals surface area (Å²) >= 11 is 0. The van der Waals surface area contributed by atoms with E-state index in [0.29, 0.717) is 29.5 Å². The Kier molecular flexibility index (Phi) is 4.52. The van der Waals surface area contributed by atoms with Crippen LogP contribution < -0.4 is 14.5 Å². The minimum Gasteiger partial charge on any atom is -0.481 e. The molecule has 2 aromatic rings. The maximum atomic E-state index is 9.25. The van der Waals surface area contributed by atoms with Gasteiger partial charge in [0.25, 0.3) is 0 Å². The summed E-state index contributed by atoms with van der Waals surface area (Å²) in [6.07, 6.45) is 9.16. The van der Waals surface area contributed by atoms with Crippen LogP contribution in [0.25, 0.3) is 0 Å². The van der Waals surface area contributed by atoms with E-state index in [9.17, 15) is 5.26 Å². The van der Waals surface area contributed by atoms with E-state index in [2.05, 4.69) is 35.8 Å². The predicted octanol–water partition coefficient (Wildman–Crippen LogP) is 1.78. The van der Waals surface area contributed by atoms with Gasteiger partial charge < -0.3 is 14.5 Å². The number of hydrogen-bond donors (Lipinski definition) is 0. The van der Waals surface area contributed by atoms with Crippen molar-refractivity contribution in [1.82, 2.24) is 19.9 Å². The Bertz CT molecular complexity index is 809. The fourth-order valence-corrected chi connectivity index (χ4v) is 3.60. The highest BCUT2D eigenvalue weighted by molar-refractivity contribution is 5.51. The topological polar surface area (TPSA) is 91.1 Å². The lowest BCUT2D eigenvalue weighted by Crippen LogP contribution is -2.47. The minimum absolute atomic E-state index is 0.394. The zero-order valence-electron chi connectivity index (χ0n) is 14.7. The van der Waals surface area contributed by atoms with Crippen molar-refractivity contribution in [2.75, 3.05) is 30.0 Å². The van der Waals surface area contributed by atoms with Crippen LogP contribution in [0.3, 0.4) is 0 Å². The molecule has 1 aliphatic heterocycles. The molecule has 0 unspecified atom stereocenters. The van der Waals surface area contributed by atoms with Crippen LogP contribution in [-0.2, 0) is 0 Å². The van der Waals surface area contributed by atoms with Crippen LogP contribution in [0.1, 0.15) is 31.4 Å². The van der Waals surface area contributed by atoms with Crippen molar-refractivity contribution >= 4 is 11.6 Å². The number of rotatable bonds is 5. The standard InChI is InChI=1S/C18H21N7O/c1-26-17-10-16(22-12-23-17)25(13-2-3-13)14-4-8-24(9-5-14)18-15(11-19)20-6-7-21-18/h6-7,10,12-14H,2-5,8-9H2,1H3. The molecule has 0 bridgehead atoms. The summed E-state index contributed by atoms with van der Waals surface area (Å²) in [4.78, 5) is 21.7. The Morgan fingerprint density at radius 3 is 2.50 bits per heavy atom. The Morgan fingerprint density at radius 2 is 1.81 bits per heavy atom. The summed E-state index contributed by atoms with van der Waals surface area (Å²) < 4.78 is 5.26. The molecule has 4 rings (SSSR count). The number of piperidine rings is 1. The van der Waals surface area contributed by atoms with Gasteiger partial charge in [-0.05, 0) is 25.7 Å². The Hall–Kier alpha value is -2.95. The van der Waals surface area contributed by atoms with Crippen LogP contribution in [0, 0.1) is 11.3 Å². The summed E-state index contributed by atoms with van der Waals surface area (Å²) in [7, 11) is 1.62. The molecule has 1 saturated heterocycles. The van der Waals surface area contributed by atoms with Crippen molar-refractivity contribution < 1.29 is 4.74 Å². The van der Waals surface area contributed by atoms with E-state index in [1.165, 1.54) is 12.8 Å². The highest BCUT2D eigenvalue weighted by Crippen LogP contribution is 2.36. The van der Waals surface area contributed by atoms with Gasteiger partial charge in [-0.25, -0.2) is 19.9 Å². The quantitative estimate of drug-likeness (QED) is 0.805. The minimum atomic E-state index is 0.394. The molecule has 0 atom stereocenters. The van der Waals surface area contributed by atoms with Crippen LogP contribution in [0.5, 0.6) is 5.88 Å². The molecule has 3 heterocycles.